The lowest BCUT2D eigenvalue weighted by molar-refractivity contribution is 0.0955. The van der Waals surface area contributed by atoms with Crippen molar-refractivity contribution in [1.82, 2.24) is 5.43 Å². The number of hydrogen-bond acceptors (Lipinski definition) is 3. The van der Waals surface area contributed by atoms with Gasteiger partial charge >= 0.3 is 0 Å². The Morgan fingerprint density at radius 3 is 2.38 bits per heavy atom. The van der Waals surface area contributed by atoms with Crippen LogP contribution in [-0.4, -0.2) is 12.1 Å². The largest absolute Gasteiger partial charge is 0.271 e. The Hall–Kier alpha value is -3.37. The number of benzene rings is 4. The van der Waals surface area contributed by atoms with Gasteiger partial charge in [0.05, 0.1) is 6.21 Å². The highest BCUT2D eigenvalue weighted by atomic mass is 32.2. The first-order valence-corrected chi connectivity index (χ1v) is 10.4. The maximum atomic E-state index is 12.4. The minimum Gasteiger partial charge on any atom is -0.267 e. The molecule has 0 spiro atoms. The summed E-state index contributed by atoms with van der Waals surface area (Å²) in [4.78, 5) is 13.6. The fourth-order valence-corrected chi connectivity index (χ4v) is 3.90. The van der Waals surface area contributed by atoms with Crippen LogP contribution in [-0.2, 0) is 5.75 Å². The zero-order chi connectivity index (χ0) is 19.9. The maximum Gasteiger partial charge on any atom is 0.271 e. The lowest BCUT2D eigenvalue weighted by Gasteiger charge is -2.04. The van der Waals surface area contributed by atoms with E-state index in [1.165, 1.54) is 10.5 Å². The average Bonchev–Trinajstić information content (AvgIpc) is 2.79. The molecule has 4 aromatic carbocycles. The second-order valence-corrected chi connectivity index (χ2v) is 7.61. The van der Waals surface area contributed by atoms with Crippen LogP contribution in [0.1, 0.15) is 21.5 Å². The lowest BCUT2D eigenvalue weighted by Crippen LogP contribution is -2.17. The molecule has 4 rings (SSSR count). The molecule has 0 saturated heterocycles. The first kappa shape index (κ1) is 19.0. The van der Waals surface area contributed by atoms with Gasteiger partial charge in [-0.05, 0) is 40.6 Å². The van der Waals surface area contributed by atoms with Crippen molar-refractivity contribution in [3.63, 3.8) is 0 Å². The van der Waals surface area contributed by atoms with Gasteiger partial charge in [0.1, 0.15) is 0 Å². The summed E-state index contributed by atoms with van der Waals surface area (Å²) >= 11 is 1.78. The monoisotopic (exact) mass is 396 g/mol. The maximum absolute atomic E-state index is 12.4. The number of amides is 1. The number of fused-ring (bicyclic) bond motifs is 1. The molecule has 0 atom stereocenters. The number of rotatable bonds is 6. The van der Waals surface area contributed by atoms with Crippen LogP contribution < -0.4 is 5.43 Å². The SMILES string of the molecule is O=C(N/N=C\c1cccc2ccccc12)c1ccc(CSc2ccccc2)cc1. The van der Waals surface area contributed by atoms with Crippen LogP contribution in [0.2, 0.25) is 0 Å². The van der Waals surface area contributed by atoms with E-state index >= 15 is 0 Å². The Morgan fingerprint density at radius 2 is 1.55 bits per heavy atom. The highest BCUT2D eigenvalue weighted by molar-refractivity contribution is 7.98. The van der Waals surface area contributed by atoms with Gasteiger partial charge in [-0.1, -0.05) is 72.8 Å². The summed E-state index contributed by atoms with van der Waals surface area (Å²) in [6, 6.07) is 32.1. The lowest BCUT2D eigenvalue weighted by atomic mass is 10.1. The summed E-state index contributed by atoms with van der Waals surface area (Å²) in [5, 5.41) is 6.39. The van der Waals surface area contributed by atoms with Crippen LogP contribution in [0.25, 0.3) is 10.8 Å². The molecule has 0 aromatic heterocycles. The zero-order valence-corrected chi connectivity index (χ0v) is 16.6. The molecule has 0 aliphatic rings. The van der Waals surface area contributed by atoms with Gasteiger partial charge in [0.2, 0.25) is 0 Å². The van der Waals surface area contributed by atoms with Crippen molar-refractivity contribution >= 4 is 34.7 Å². The molecule has 29 heavy (non-hydrogen) atoms. The molecule has 3 nitrogen and oxygen atoms in total. The smallest absolute Gasteiger partial charge is 0.267 e. The molecule has 0 saturated carbocycles. The average molecular weight is 397 g/mol. The number of hydrazone groups is 1. The third-order valence-corrected chi connectivity index (χ3v) is 5.64. The molecule has 0 aliphatic heterocycles. The van der Waals surface area contributed by atoms with Gasteiger partial charge < -0.3 is 0 Å². The van der Waals surface area contributed by atoms with Gasteiger partial charge in [-0.15, -0.1) is 11.8 Å². The van der Waals surface area contributed by atoms with Crippen LogP contribution in [0.5, 0.6) is 0 Å². The fraction of sp³-hybridized carbons (Fsp3) is 0.0400. The number of carbonyl (C=O) groups excluding carboxylic acids is 1. The third kappa shape index (κ3) is 4.92. The molecule has 0 fully saturated rings. The summed E-state index contributed by atoms with van der Waals surface area (Å²) in [5.74, 6) is 0.647. The topological polar surface area (TPSA) is 41.5 Å². The van der Waals surface area contributed by atoms with E-state index in [2.05, 4.69) is 34.8 Å². The van der Waals surface area contributed by atoms with Crippen LogP contribution in [0.3, 0.4) is 0 Å². The van der Waals surface area contributed by atoms with Crippen molar-refractivity contribution in [3.8, 4) is 0 Å². The molecule has 4 aromatic rings. The number of nitrogens with zero attached hydrogens (tertiary/aromatic N) is 1. The number of carbonyl (C=O) groups is 1. The van der Waals surface area contributed by atoms with Crippen LogP contribution in [0, 0.1) is 0 Å². The number of hydrogen-bond donors (Lipinski definition) is 1. The number of thioether (sulfide) groups is 1. The predicted molar refractivity (Wildman–Crippen MR) is 121 cm³/mol. The molecule has 1 N–H and O–H groups in total. The Balaban J connectivity index is 1.36. The summed E-state index contributed by atoms with van der Waals surface area (Å²) in [7, 11) is 0. The number of nitrogens with one attached hydrogen (secondary N) is 1. The summed E-state index contributed by atoms with van der Waals surface area (Å²) in [6.07, 6.45) is 1.69. The fourth-order valence-electron chi connectivity index (χ4n) is 3.02. The summed E-state index contributed by atoms with van der Waals surface area (Å²) in [5.41, 5.74) is 5.35. The van der Waals surface area contributed by atoms with Crippen LogP contribution in [0.4, 0.5) is 0 Å². The molecule has 0 aliphatic carbocycles. The molecule has 4 heteroatoms. The van der Waals surface area contributed by atoms with E-state index in [1.807, 2.05) is 72.8 Å². The zero-order valence-electron chi connectivity index (χ0n) is 15.8. The van der Waals surface area contributed by atoms with Gasteiger partial charge in [-0.25, -0.2) is 5.43 Å². The predicted octanol–water partition coefficient (Wildman–Crippen LogP) is 5.90. The second kappa shape index (κ2) is 9.22. The first-order chi connectivity index (χ1) is 14.3. The summed E-state index contributed by atoms with van der Waals surface area (Å²) in [6.45, 7) is 0. The quantitative estimate of drug-likeness (QED) is 0.251. The van der Waals surface area contributed by atoms with Gasteiger partial charge in [-0.3, -0.25) is 4.79 Å². The first-order valence-electron chi connectivity index (χ1n) is 9.37. The minimum absolute atomic E-state index is 0.219. The standard InChI is InChI=1S/C25H20N2OS/c28-25(27-26-17-22-9-6-8-20-7-4-5-12-24(20)22)21-15-13-19(14-16-21)18-29-23-10-2-1-3-11-23/h1-17H,18H2,(H,27,28)/b26-17-. The van der Waals surface area contributed by atoms with Crippen molar-refractivity contribution < 1.29 is 4.79 Å². The highest BCUT2D eigenvalue weighted by Gasteiger charge is 2.05. The van der Waals surface area contributed by atoms with E-state index < -0.39 is 0 Å². The Kier molecular flexibility index (Phi) is 6.03. The third-order valence-electron chi connectivity index (χ3n) is 4.56. The van der Waals surface area contributed by atoms with E-state index in [0.717, 1.165) is 22.1 Å². The molecule has 0 bridgehead atoms. The van der Waals surface area contributed by atoms with Gasteiger partial charge in [0, 0.05) is 21.8 Å². The molecule has 1 amide bonds. The van der Waals surface area contributed by atoms with Crippen LogP contribution >= 0.6 is 11.8 Å². The van der Waals surface area contributed by atoms with E-state index in [9.17, 15) is 4.79 Å². The van der Waals surface area contributed by atoms with E-state index in [4.69, 9.17) is 0 Å². The van der Waals surface area contributed by atoms with Crippen molar-refractivity contribution in [3.05, 3.63) is 114 Å². The Bertz CT molecular complexity index is 1130. The van der Waals surface area contributed by atoms with Gasteiger partial charge in [-0.2, -0.15) is 5.10 Å². The molecule has 0 radical (unpaired) electrons. The van der Waals surface area contributed by atoms with Crippen molar-refractivity contribution in [2.24, 2.45) is 5.10 Å². The van der Waals surface area contributed by atoms with E-state index in [-0.39, 0.29) is 5.91 Å². The Labute approximate surface area is 174 Å². The van der Waals surface area contributed by atoms with E-state index in [0.29, 0.717) is 5.56 Å². The second-order valence-electron chi connectivity index (χ2n) is 6.57. The molecular weight excluding hydrogens is 376 g/mol. The van der Waals surface area contributed by atoms with Gasteiger partial charge in [0.25, 0.3) is 5.91 Å². The molecule has 142 valence electrons. The van der Waals surface area contributed by atoms with Crippen molar-refractivity contribution in [2.75, 3.05) is 0 Å². The molecule has 0 unspecified atom stereocenters. The minimum atomic E-state index is -0.219. The van der Waals surface area contributed by atoms with Gasteiger partial charge in [0.15, 0.2) is 0 Å². The molecule has 0 heterocycles. The normalized spacial score (nSPS) is 11.0. The van der Waals surface area contributed by atoms with Crippen LogP contribution in [0.15, 0.2) is 107 Å². The molecular formula is C25H20N2OS. The van der Waals surface area contributed by atoms with E-state index in [1.54, 1.807) is 18.0 Å². The summed E-state index contributed by atoms with van der Waals surface area (Å²) < 4.78 is 0. The van der Waals surface area contributed by atoms with Crippen molar-refractivity contribution in [2.45, 2.75) is 10.6 Å². The van der Waals surface area contributed by atoms with Crippen molar-refractivity contribution in [1.29, 1.82) is 0 Å². The highest BCUT2D eigenvalue weighted by Crippen LogP contribution is 2.22. The Morgan fingerprint density at radius 1 is 0.828 bits per heavy atom.